The maximum absolute atomic E-state index is 12.6. The van der Waals surface area contributed by atoms with Crippen LogP contribution in [0.3, 0.4) is 0 Å². The summed E-state index contributed by atoms with van der Waals surface area (Å²) in [6.45, 7) is 7.83. The van der Waals surface area contributed by atoms with E-state index in [4.69, 9.17) is 16.3 Å². The SMILES string of the molecule is CCC(CC)C(CNS(=O)(=O)c1cccc(Cl)c1)N1CCOCC1. The lowest BCUT2D eigenvalue weighted by molar-refractivity contribution is 0.00297. The van der Waals surface area contributed by atoms with Crippen molar-refractivity contribution in [3.8, 4) is 0 Å². The predicted octanol–water partition coefficient (Wildman–Crippen LogP) is 2.76. The van der Waals surface area contributed by atoms with E-state index in [9.17, 15) is 8.42 Å². The van der Waals surface area contributed by atoms with Crippen molar-refractivity contribution >= 4 is 21.6 Å². The fourth-order valence-electron chi connectivity index (χ4n) is 3.25. The lowest BCUT2D eigenvalue weighted by Crippen LogP contribution is -2.52. The molecular weight excluding hydrogens is 348 g/mol. The normalized spacial score (nSPS) is 18.0. The van der Waals surface area contributed by atoms with E-state index in [1.54, 1.807) is 18.2 Å². The van der Waals surface area contributed by atoms with Crippen LogP contribution in [0.2, 0.25) is 5.02 Å². The zero-order valence-corrected chi connectivity index (χ0v) is 15.9. The van der Waals surface area contributed by atoms with Crippen LogP contribution in [0.1, 0.15) is 26.7 Å². The molecule has 0 aliphatic carbocycles. The Kier molecular flexibility index (Phi) is 7.50. The van der Waals surface area contributed by atoms with Gasteiger partial charge in [-0.25, -0.2) is 13.1 Å². The topological polar surface area (TPSA) is 58.6 Å². The van der Waals surface area contributed by atoms with Gasteiger partial charge in [-0.15, -0.1) is 0 Å². The van der Waals surface area contributed by atoms with Crippen LogP contribution in [-0.4, -0.2) is 52.2 Å². The van der Waals surface area contributed by atoms with Crippen molar-refractivity contribution in [1.82, 2.24) is 9.62 Å². The maximum atomic E-state index is 12.6. The highest BCUT2D eigenvalue weighted by Crippen LogP contribution is 2.21. The average Bonchev–Trinajstić information content (AvgIpc) is 2.59. The van der Waals surface area contributed by atoms with Crippen LogP contribution in [0, 0.1) is 5.92 Å². The van der Waals surface area contributed by atoms with Gasteiger partial charge in [0.05, 0.1) is 18.1 Å². The van der Waals surface area contributed by atoms with E-state index in [2.05, 4.69) is 23.5 Å². The summed E-state index contributed by atoms with van der Waals surface area (Å²) in [6.07, 6.45) is 2.05. The summed E-state index contributed by atoms with van der Waals surface area (Å²) in [5.41, 5.74) is 0. The first-order valence-corrected chi connectivity index (χ1v) is 10.4. The van der Waals surface area contributed by atoms with Crippen LogP contribution in [0.15, 0.2) is 29.2 Å². The van der Waals surface area contributed by atoms with Crippen LogP contribution in [-0.2, 0) is 14.8 Å². The van der Waals surface area contributed by atoms with Crippen LogP contribution in [0.25, 0.3) is 0 Å². The van der Waals surface area contributed by atoms with E-state index in [-0.39, 0.29) is 10.9 Å². The Balaban J connectivity index is 2.11. The first kappa shape index (κ1) is 19.7. The molecule has 1 saturated heterocycles. The molecule has 136 valence electrons. The molecule has 0 aromatic heterocycles. The number of nitrogens with zero attached hydrogens (tertiary/aromatic N) is 1. The number of sulfonamides is 1. The highest BCUT2D eigenvalue weighted by molar-refractivity contribution is 7.89. The molecule has 7 heteroatoms. The number of morpholine rings is 1. The minimum Gasteiger partial charge on any atom is -0.379 e. The third-order valence-electron chi connectivity index (χ3n) is 4.70. The molecule has 2 rings (SSSR count). The predicted molar refractivity (Wildman–Crippen MR) is 96.9 cm³/mol. The molecular formula is C17H27ClN2O3S. The zero-order chi connectivity index (χ0) is 17.6. The highest BCUT2D eigenvalue weighted by atomic mass is 35.5. The van der Waals surface area contributed by atoms with Gasteiger partial charge in [0.15, 0.2) is 0 Å². The van der Waals surface area contributed by atoms with Crippen molar-refractivity contribution in [3.63, 3.8) is 0 Å². The Morgan fingerprint density at radius 2 is 1.92 bits per heavy atom. The minimum absolute atomic E-state index is 0.179. The fourth-order valence-corrected chi connectivity index (χ4v) is 4.60. The van der Waals surface area contributed by atoms with Crippen molar-refractivity contribution in [3.05, 3.63) is 29.3 Å². The summed E-state index contributed by atoms with van der Waals surface area (Å²) in [6, 6.07) is 6.54. The molecule has 1 unspecified atom stereocenters. The van der Waals surface area contributed by atoms with Gasteiger partial charge in [-0.3, -0.25) is 4.90 Å². The summed E-state index contributed by atoms with van der Waals surface area (Å²) in [5, 5.41) is 0.419. The van der Waals surface area contributed by atoms with Crippen molar-refractivity contribution in [1.29, 1.82) is 0 Å². The molecule has 0 saturated carbocycles. The second kappa shape index (κ2) is 9.15. The van der Waals surface area contributed by atoms with Gasteiger partial charge in [0.25, 0.3) is 0 Å². The molecule has 1 atom stereocenters. The summed E-state index contributed by atoms with van der Waals surface area (Å²) < 4.78 is 33.3. The summed E-state index contributed by atoms with van der Waals surface area (Å²) >= 11 is 5.92. The van der Waals surface area contributed by atoms with E-state index >= 15 is 0 Å². The molecule has 1 aliphatic heterocycles. The van der Waals surface area contributed by atoms with Gasteiger partial charge in [-0.05, 0) is 24.1 Å². The monoisotopic (exact) mass is 374 g/mol. The highest BCUT2D eigenvalue weighted by Gasteiger charge is 2.28. The zero-order valence-electron chi connectivity index (χ0n) is 14.4. The Morgan fingerprint density at radius 3 is 2.50 bits per heavy atom. The molecule has 24 heavy (non-hydrogen) atoms. The molecule has 0 spiro atoms. The molecule has 1 aliphatic rings. The number of ether oxygens (including phenoxy) is 1. The molecule has 1 heterocycles. The lowest BCUT2D eigenvalue weighted by Gasteiger charge is -2.38. The Morgan fingerprint density at radius 1 is 1.25 bits per heavy atom. The van der Waals surface area contributed by atoms with Crippen LogP contribution >= 0.6 is 11.6 Å². The van der Waals surface area contributed by atoms with Crippen molar-refractivity contribution in [2.75, 3.05) is 32.8 Å². The van der Waals surface area contributed by atoms with Crippen molar-refractivity contribution in [2.45, 2.75) is 37.6 Å². The van der Waals surface area contributed by atoms with E-state index < -0.39 is 10.0 Å². The van der Waals surface area contributed by atoms with Crippen LogP contribution in [0.5, 0.6) is 0 Å². The number of nitrogens with one attached hydrogen (secondary N) is 1. The van der Waals surface area contributed by atoms with Crippen molar-refractivity contribution < 1.29 is 13.2 Å². The van der Waals surface area contributed by atoms with Gasteiger partial charge in [0, 0.05) is 30.7 Å². The molecule has 0 radical (unpaired) electrons. The molecule has 0 amide bonds. The van der Waals surface area contributed by atoms with Gasteiger partial charge in [0.2, 0.25) is 10.0 Å². The molecule has 1 aromatic rings. The van der Waals surface area contributed by atoms with Gasteiger partial charge in [0.1, 0.15) is 0 Å². The molecule has 1 N–H and O–H groups in total. The summed E-state index contributed by atoms with van der Waals surface area (Å²) in [7, 11) is -3.56. The van der Waals surface area contributed by atoms with Crippen LogP contribution < -0.4 is 4.72 Å². The molecule has 0 bridgehead atoms. The van der Waals surface area contributed by atoms with Gasteiger partial charge >= 0.3 is 0 Å². The van der Waals surface area contributed by atoms with Gasteiger partial charge in [-0.2, -0.15) is 0 Å². The number of rotatable bonds is 8. The van der Waals surface area contributed by atoms with Crippen molar-refractivity contribution in [2.24, 2.45) is 5.92 Å². The van der Waals surface area contributed by atoms with E-state index in [1.165, 1.54) is 6.07 Å². The lowest BCUT2D eigenvalue weighted by atomic mass is 9.92. The first-order valence-electron chi connectivity index (χ1n) is 8.55. The van der Waals surface area contributed by atoms with Crippen LogP contribution in [0.4, 0.5) is 0 Å². The van der Waals surface area contributed by atoms with E-state index in [0.717, 1.165) is 25.9 Å². The van der Waals surface area contributed by atoms with Gasteiger partial charge < -0.3 is 4.74 Å². The molecule has 1 aromatic carbocycles. The number of hydrogen-bond donors (Lipinski definition) is 1. The third-order valence-corrected chi connectivity index (χ3v) is 6.35. The van der Waals surface area contributed by atoms with Gasteiger partial charge in [-0.1, -0.05) is 44.4 Å². The molecule has 5 nitrogen and oxygen atoms in total. The fraction of sp³-hybridized carbons (Fsp3) is 0.647. The van der Waals surface area contributed by atoms with E-state index in [1.807, 2.05) is 0 Å². The Hall–Kier alpha value is -0.660. The summed E-state index contributed by atoms with van der Waals surface area (Å²) in [5.74, 6) is 0.449. The standard InChI is InChI=1S/C17H27ClN2O3S/c1-3-14(4-2)17(20-8-10-23-11-9-20)13-19-24(21,22)16-7-5-6-15(18)12-16/h5-7,12,14,17,19H,3-4,8-11,13H2,1-2H3. The number of benzene rings is 1. The maximum Gasteiger partial charge on any atom is 0.240 e. The minimum atomic E-state index is -3.56. The smallest absolute Gasteiger partial charge is 0.240 e. The largest absolute Gasteiger partial charge is 0.379 e. The second-order valence-corrected chi connectivity index (χ2v) is 8.30. The summed E-state index contributed by atoms with van der Waals surface area (Å²) in [4.78, 5) is 2.56. The van der Waals surface area contributed by atoms with E-state index in [0.29, 0.717) is 30.7 Å². The Labute approximate surface area is 150 Å². The average molecular weight is 375 g/mol. The molecule has 1 fully saturated rings. The number of hydrogen-bond acceptors (Lipinski definition) is 4. The quantitative estimate of drug-likeness (QED) is 0.760. The first-order chi connectivity index (χ1) is 11.5. The third kappa shape index (κ3) is 5.17. The second-order valence-electron chi connectivity index (χ2n) is 6.10. The number of halogens is 1. The Bertz CT molecular complexity index is 614.